The summed E-state index contributed by atoms with van der Waals surface area (Å²) in [5, 5.41) is 12.7. The van der Waals surface area contributed by atoms with Gasteiger partial charge in [0.05, 0.1) is 46.7 Å². The molecule has 15 nitrogen and oxygen atoms in total. The van der Waals surface area contributed by atoms with Crippen molar-refractivity contribution in [3.8, 4) is 0 Å². The molecule has 1 spiro atoms. The second-order valence-electron chi connectivity index (χ2n) is 13.3. The molecule has 0 radical (unpaired) electrons. The molecule has 2 saturated carbocycles. The Morgan fingerprint density at radius 1 is 0.755 bits per heavy atom. The largest absolute Gasteiger partial charge is 0.472 e. The molecule has 2 aliphatic carbocycles. The topological polar surface area (TPSA) is 200 Å². The van der Waals surface area contributed by atoms with E-state index < -0.39 is 95.4 Å². The molecule has 0 aromatic carbocycles. The van der Waals surface area contributed by atoms with Crippen molar-refractivity contribution in [3.63, 3.8) is 0 Å². The van der Waals surface area contributed by atoms with Gasteiger partial charge >= 0.3 is 29.8 Å². The van der Waals surface area contributed by atoms with E-state index in [1.807, 2.05) is 0 Å². The highest BCUT2D eigenvalue weighted by molar-refractivity contribution is 5.90. The molecule has 8 atom stereocenters. The van der Waals surface area contributed by atoms with E-state index in [0.717, 1.165) is 19.5 Å². The molecule has 0 unspecified atom stereocenters. The third-order valence-electron chi connectivity index (χ3n) is 9.88. The summed E-state index contributed by atoms with van der Waals surface area (Å²) in [5.41, 5.74) is -7.50. The number of rotatable bonds is 9. The Balaban J connectivity index is 1.62. The Kier molecular flexibility index (Phi) is 8.47. The van der Waals surface area contributed by atoms with Crippen LogP contribution in [0.4, 0.5) is 0 Å². The maximum Gasteiger partial charge on any atom is 0.341 e. The zero-order chi connectivity index (χ0) is 35.4. The van der Waals surface area contributed by atoms with Crippen LogP contribution in [0.5, 0.6) is 0 Å². The van der Waals surface area contributed by atoms with E-state index in [0.29, 0.717) is 0 Å². The number of carbonyl (C=O) groups excluding carboxylic acids is 5. The average Bonchev–Trinajstić information content (AvgIpc) is 3.84. The number of fused-ring (bicyclic) bond motifs is 1. The molecule has 3 aromatic rings. The lowest BCUT2D eigenvalue weighted by atomic mass is 9.46. The molecule has 3 fully saturated rings. The van der Waals surface area contributed by atoms with E-state index in [1.54, 1.807) is 13.8 Å². The predicted molar refractivity (Wildman–Crippen MR) is 160 cm³/mol. The second kappa shape index (κ2) is 12.2. The normalized spacial score (nSPS) is 32.7. The van der Waals surface area contributed by atoms with Crippen LogP contribution in [0.25, 0.3) is 0 Å². The number of ether oxygens (including phenoxy) is 6. The van der Waals surface area contributed by atoms with Crippen molar-refractivity contribution in [1.29, 1.82) is 0 Å². The Bertz CT molecular complexity index is 1700. The van der Waals surface area contributed by atoms with Gasteiger partial charge in [0.15, 0.2) is 11.7 Å². The Morgan fingerprint density at radius 2 is 1.29 bits per heavy atom. The van der Waals surface area contributed by atoms with Crippen LogP contribution >= 0.6 is 0 Å². The molecule has 2 bridgehead atoms. The van der Waals surface area contributed by atoms with Gasteiger partial charge in [-0.05, 0) is 45.4 Å². The van der Waals surface area contributed by atoms with Gasteiger partial charge in [-0.25, -0.2) is 14.4 Å². The third kappa shape index (κ3) is 5.50. The molecule has 262 valence electrons. The molecule has 3 aliphatic rings. The molecule has 1 aliphatic heterocycles. The molecule has 0 amide bonds. The maximum absolute atomic E-state index is 13.8. The highest BCUT2D eigenvalue weighted by atomic mass is 16.6. The summed E-state index contributed by atoms with van der Waals surface area (Å²) < 4.78 is 52.1. The van der Waals surface area contributed by atoms with Crippen molar-refractivity contribution in [1.82, 2.24) is 0 Å². The first kappa shape index (κ1) is 34.0. The second-order valence-corrected chi connectivity index (χ2v) is 13.3. The number of hydrogen-bond donors (Lipinski definition) is 1. The van der Waals surface area contributed by atoms with Gasteiger partial charge < -0.3 is 46.8 Å². The highest BCUT2D eigenvalue weighted by Crippen LogP contribution is 2.69. The maximum atomic E-state index is 13.8. The van der Waals surface area contributed by atoms with E-state index in [2.05, 4.69) is 0 Å². The molecule has 1 N–H and O–H groups in total. The first-order chi connectivity index (χ1) is 23.1. The molecule has 4 heterocycles. The molecule has 1 saturated heterocycles. The first-order valence-corrected chi connectivity index (χ1v) is 15.6. The van der Waals surface area contributed by atoms with E-state index in [4.69, 9.17) is 41.7 Å². The van der Waals surface area contributed by atoms with Crippen LogP contribution in [0.2, 0.25) is 0 Å². The molecular weight excluding hydrogens is 648 g/mol. The zero-order valence-electron chi connectivity index (χ0n) is 27.4. The quantitative estimate of drug-likeness (QED) is 0.253. The molecular formula is C34H36O15. The van der Waals surface area contributed by atoms with Gasteiger partial charge in [-0.3, -0.25) is 9.59 Å². The minimum atomic E-state index is -2.12. The Labute approximate surface area is 279 Å². The van der Waals surface area contributed by atoms with Gasteiger partial charge in [-0.15, -0.1) is 0 Å². The number of carbonyl (C=O) groups is 5. The van der Waals surface area contributed by atoms with E-state index >= 15 is 0 Å². The van der Waals surface area contributed by atoms with E-state index in [9.17, 15) is 29.1 Å². The van der Waals surface area contributed by atoms with E-state index in [1.165, 1.54) is 57.1 Å². The average molecular weight is 685 g/mol. The van der Waals surface area contributed by atoms with Crippen LogP contribution in [0.15, 0.2) is 69.0 Å². The van der Waals surface area contributed by atoms with Crippen LogP contribution in [0.3, 0.4) is 0 Å². The van der Waals surface area contributed by atoms with Gasteiger partial charge in [-0.2, -0.15) is 0 Å². The molecule has 6 rings (SSSR count). The summed E-state index contributed by atoms with van der Waals surface area (Å²) in [6.45, 7) is 6.42. The van der Waals surface area contributed by atoms with Gasteiger partial charge in [0.2, 0.25) is 0 Å². The van der Waals surface area contributed by atoms with Gasteiger partial charge in [0.25, 0.3) is 0 Å². The van der Waals surface area contributed by atoms with Crippen molar-refractivity contribution in [2.45, 2.75) is 88.7 Å². The standard InChI is InChI=1S/C34H36O15/c1-18(35)44-17-33-25(47-29(38)21-7-10-42-15-21)12-23-26(45-19(2)36)34(33,49-31(23,3)4)32(5,40)13-24(46-28(37)20-6-9-41-14-20)27(33)48-30(39)22-8-11-43-16-22/h6-11,14-16,23-27,40H,12-13,17H2,1-5H3/t23-,24+,25-,26-,27+,32+,33-,34+/m1/s1. The van der Waals surface area contributed by atoms with Crippen molar-refractivity contribution in [2.24, 2.45) is 11.3 Å². The lowest BCUT2D eigenvalue weighted by Crippen LogP contribution is -2.83. The molecule has 3 aromatic heterocycles. The Morgan fingerprint density at radius 3 is 1.78 bits per heavy atom. The summed E-state index contributed by atoms with van der Waals surface area (Å²) in [7, 11) is 0. The number of esters is 5. The van der Waals surface area contributed by atoms with Crippen molar-refractivity contribution >= 4 is 29.8 Å². The summed E-state index contributed by atoms with van der Waals surface area (Å²) in [5.74, 6) is -4.94. The third-order valence-corrected chi connectivity index (χ3v) is 9.88. The summed E-state index contributed by atoms with van der Waals surface area (Å²) in [6.07, 6.45) is 0.838. The fourth-order valence-corrected chi connectivity index (χ4v) is 7.95. The number of hydrogen-bond acceptors (Lipinski definition) is 15. The first-order valence-electron chi connectivity index (χ1n) is 15.6. The van der Waals surface area contributed by atoms with Crippen LogP contribution in [-0.4, -0.2) is 82.8 Å². The summed E-state index contributed by atoms with van der Waals surface area (Å²) in [4.78, 5) is 66.3. The van der Waals surface area contributed by atoms with Crippen LogP contribution in [0.1, 0.15) is 78.5 Å². The van der Waals surface area contributed by atoms with Crippen molar-refractivity contribution < 1.29 is 70.8 Å². The molecule has 49 heavy (non-hydrogen) atoms. The lowest BCUT2D eigenvalue weighted by Gasteiger charge is -2.65. The number of furan rings is 3. The van der Waals surface area contributed by atoms with Crippen LogP contribution in [0, 0.1) is 11.3 Å². The monoisotopic (exact) mass is 684 g/mol. The highest BCUT2D eigenvalue weighted by Gasteiger charge is 2.86. The predicted octanol–water partition coefficient (Wildman–Crippen LogP) is 3.65. The zero-order valence-corrected chi connectivity index (χ0v) is 27.4. The minimum Gasteiger partial charge on any atom is -0.472 e. The van der Waals surface area contributed by atoms with Gasteiger partial charge in [0.1, 0.15) is 49.1 Å². The summed E-state index contributed by atoms with van der Waals surface area (Å²) >= 11 is 0. The van der Waals surface area contributed by atoms with Crippen molar-refractivity contribution in [3.05, 3.63) is 72.5 Å². The van der Waals surface area contributed by atoms with Crippen LogP contribution < -0.4 is 0 Å². The lowest BCUT2D eigenvalue weighted by molar-refractivity contribution is -0.353. The smallest absolute Gasteiger partial charge is 0.341 e. The fraction of sp³-hybridized carbons (Fsp3) is 0.500. The van der Waals surface area contributed by atoms with E-state index in [-0.39, 0.29) is 23.1 Å². The molecule has 15 heteroatoms. The van der Waals surface area contributed by atoms with Crippen molar-refractivity contribution in [2.75, 3.05) is 6.61 Å². The van der Waals surface area contributed by atoms with Gasteiger partial charge in [-0.1, -0.05) is 0 Å². The SMILES string of the molecule is CC(=O)OC[C@]12[C@H](OC(=O)c3ccoc3)C[C@@H]3[C@@H](OC(C)=O)[C@]1(OC3(C)C)[C@@](C)(O)C[C@H](OC(=O)c1ccoc1)[C@@H]2OC(=O)c1ccoc1. The minimum absolute atomic E-state index is 0.0107. The number of aliphatic hydroxyl groups is 1. The summed E-state index contributed by atoms with van der Waals surface area (Å²) in [6, 6.07) is 4.07. The van der Waals surface area contributed by atoms with Crippen LogP contribution in [-0.2, 0) is 38.0 Å². The van der Waals surface area contributed by atoms with Gasteiger partial charge in [0, 0.05) is 26.2 Å². The Hall–Kier alpha value is -4.89. The fourth-order valence-electron chi connectivity index (χ4n) is 7.95.